The number of hydrogen-bond donors (Lipinski definition) is 0. The van der Waals surface area contributed by atoms with Crippen LogP contribution in [0.15, 0.2) is 36.4 Å². The van der Waals surface area contributed by atoms with E-state index < -0.39 is 5.82 Å². The van der Waals surface area contributed by atoms with Gasteiger partial charge in [-0.2, -0.15) is 0 Å². The molecule has 3 rings (SSSR count). The summed E-state index contributed by atoms with van der Waals surface area (Å²) in [5, 5.41) is 0. The van der Waals surface area contributed by atoms with Crippen molar-refractivity contribution in [3.63, 3.8) is 0 Å². The Morgan fingerprint density at radius 2 is 1.58 bits per heavy atom. The number of hydrogen-bond acceptors (Lipinski definition) is 2. The van der Waals surface area contributed by atoms with E-state index in [4.69, 9.17) is 0 Å². The van der Waals surface area contributed by atoms with Crippen LogP contribution in [0.25, 0.3) is 0 Å². The van der Waals surface area contributed by atoms with E-state index in [1.165, 1.54) is 18.2 Å². The monoisotopic (exact) mass is 329 g/mol. The molecule has 6 heteroatoms. The topological polar surface area (TPSA) is 45.6 Å². The Hall–Kier alpha value is -2.63. The van der Waals surface area contributed by atoms with Crippen LogP contribution in [0.3, 0.4) is 0 Å². The number of nitrogens with zero attached hydrogens (tertiary/aromatic N) is 3. The fraction of sp³-hybridized carbons (Fsp3) is 0.333. The molecule has 1 aromatic heterocycles. The molecule has 0 aliphatic carbocycles. The first-order valence-corrected chi connectivity index (χ1v) is 7.94. The maximum absolute atomic E-state index is 13.3. The summed E-state index contributed by atoms with van der Waals surface area (Å²) >= 11 is 0. The maximum atomic E-state index is 13.3. The summed E-state index contributed by atoms with van der Waals surface area (Å²) in [7, 11) is 1.87. The number of carbonyl (C=O) groups excluding carboxylic acids is 2. The molecule has 126 valence electrons. The Kier molecular flexibility index (Phi) is 4.38. The maximum Gasteiger partial charge on any atom is 0.270 e. The van der Waals surface area contributed by atoms with Gasteiger partial charge in [0.2, 0.25) is 0 Å². The highest BCUT2D eigenvalue weighted by Gasteiger charge is 2.26. The number of rotatable bonds is 2. The van der Waals surface area contributed by atoms with Gasteiger partial charge >= 0.3 is 0 Å². The van der Waals surface area contributed by atoms with Crippen molar-refractivity contribution in [1.29, 1.82) is 0 Å². The van der Waals surface area contributed by atoms with Gasteiger partial charge in [-0.25, -0.2) is 4.39 Å². The minimum Gasteiger partial charge on any atom is -0.344 e. The quantitative estimate of drug-likeness (QED) is 0.847. The summed E-state index contributed by atoms with van der Waals surface area (Å²) in [4.78, 5) is 28.4. The second-order valence-electron chi connectivity index (χ2n) is 6.01. The van der Waals surface area contributed by atoms with Gasteiger partial charge in [0.15, 0.2) is 0 Å². The number of aromatic nitrogens is 1. The van der Waals surface area contributed by atoms with Crippen molar-refractivity contribution in [2.24, 2.45) is 7.05 Å². The molecule has 1 aliphatic heterocycles. The average Bonchev–Trinajstić information content (AvgIpc) is 2.93. The first-order valence-electron chi connectivity index (χ1n) is 7.94. The number of benzene rings is 1. The summed E-state index contributed by atoms with van der Waals surface area (Å²) in [6.45, 7) is 3.80. The van der Waals surface area contributed by atoms with Gasteiger partial charge in [-0.05, 0) is 37.3 Å². The first-order chi connectivity index (χ1) is 11.5. The number of piperazine rings is 1. The molecule has 24 heavy (non-hydrogen) atoms. The van der Waals surface area contributed by atoms with Crippen molar-refractivity contribution in [3.05, 3.63) is 59.2 Å². The highest BCUT2D eigenvalue weighted by atomic mass is 19.1. The average molecular weight is 329 g/mol. The molecule has 0 N–H and O–H groups in total. The lowest BCUT2D eigenvalue weighted by atomic mass is 10.1. The van der Waals surface area contributed by atoms with E-state index in [9.17, 15) is 14.0 Å². The zero-order chi connectivity index (χ0) is 17.3. The van der Waals surface area contributed by atoms with Crippen LogP contribution >= 0.6 is 0 Å². The third-order valence-electron chi connectivity index (χ3n) is 4.52. The van der Waals surface area contributed by atoms with Crippen LogP contribution in [0.1, 0.15) is 26.5 Å². The Labute approximate surface area is 140 Å². The van der Waals surface area contributed by atoms with Crippen LogP contribution in [-0.2, 0) is 7.05 Å². The summed E-state index contributed by atoms with van der Waals surface area (Å²) < 4.78 is 15.1. The van der Waals surface area contributed by atoms with Crippen LogP contribution in [-0.4, -0.2) is 52.4 Å². The van der Waals surface area contributed by atoms with Crippen molar-refractivity contribution in [2.75, 3.05) is 26.2 Å². The fourth-order valence-electron chi connectivity index (χ4n) is 2.91. The second kappa shape index (κ2) is 6.47. The van der Waals surface area contributed by atoms with E-state index in [0.29, 0.717) is 37.4 Å². The highest BCUT2D eigenvalue weighted by Crippen LogP contribution is 2.14. The molecule has 0 saturated carbocycles. The van der Waals surface area contributed by atoms with Gasteiger partial charge in [0.05, 0.1) is 0 Å². The van der Waals surface area contributed by atoms with Crippen molar-refractivity contribution < 1.29 is 14.0 Å². The van der Waals surface area contributed by atoms with Gasteiger partial charge in [-0.3, -0.25) is 9.59 Å². The lowest BCUT2D eigenvalue weighted by Gasteiger charge is -2.34. The standard InChI is InChI=1S/C18H20FN3O2/c1-13-6-7-16(20(13)2)18(24)22-10-8-21(9-11-22)17(23)14-4-3-5-15(19)12-14/h3-7,12H,8-11H2,1-2H3. The second-order valence-corrected chi connectivity index (χ2v) is 6.01. The van der Waals surface area contributed by atoms with Crippen LogP contribution in [0.5, 0.6) is 0 Å². The van der Waals surface area contributed by atoms with Gasteiger partial charge < -0.3 is 14.4 Å². The third kappa shape index (κ3) is 3.04. The van der Waals surface area contributed by atoms with Crippen molar-refractivity contribution >= 4 is 11.8 Å². The number of halogens is 1. The molecule has 2 aromatic rings. The number of carbonyl (C=O) groups is 2. The van der Waals surface area contributed by atoms with E-state index >= 15 is 0 Å². The molecule has 0 spiro atoms. The third-order valence-corrected chi connectivity index (χ3v) is 4.52. The molecule has 1 saturated heterocycles. The highest BCUT2D eigenvalue weighted by molar-refractivity contribution is 5.95. The van der Waals surface area contributed by atoms with Crippen LogP contribution in [0.2, 0.25) is 0 Å². The minimum atomic E-state index is -0.422. The molecule has 5 nitrogen and oxygen atoms in total. The summed E-state index contributed by atoms with van der Waals surface area (Å²) in [6, 6.07) is 9.43. The zero-order valence-electron chi connectivity index (χ0n) is 13.8. The van der Waals surface area contributed by atoms with Gasteiger partial charge in [-0.15, -0.1) is 0 Å². The van der Waals surface area contributed by atoms with E-state index in [-0.39, 0.29) is 11.8 Å². The number of aryl methyl sites for hydroxylation is 1. The van der Waals surface area contributed by atoms with E-state index in [0.717, 1.165) is 5.69 Å². The molecular formula is C18H20FN3O2. The van der Waals surface area contributed by atoms with E-state index in [1.54, 1.807) is 15.9 Å². The van der Waals surface area contributed by atoms with Gasteiger partial charge in [0.25, 0.3) is 11.8 Å². The molecule has 0 atom stereocenters. The zero-order valence-corrected chi connectivity index (χ0v) is 13.8. The summed E-state index contributed by atoms with van der Waals surface area (Å²) in [5.74, 6) is -0.645. The van der Waals surface area contributed by atoms with Gasteiger partial charge in [0, 0.05) is 44.5 Å². The Morgan fingerprint density at radius 1 is 0.958 bits per heavy atom. The lowest BCUT2D eigenvalue weighted by Crippen LogP contribution is -2.50. The Bertz CT molecular complexity index is 776. The van der Waals surface area contributed by atoms with Crippen LogP contribution in [0, 0.1) is 12.7 Å². The summed E-state index contributed by atoms with van der Waals surface area (Å²) in [5.41, 5.74) is 2.02. The molecule has 2 heterocycles. The van der Waals surface area contributed by atoms with E-state index in [2.05, 4.69) is 0 Å². The number of amides is 2. The molecule has 0 bridgehead atoms. The van der Waals surface area contributed by atoms with Crippen molar-refractivity contribution in [1.82, 2.24) is 14.4 Å². The molecule has 2 amide bonds. The Balaban J connectivity index is 1.64. The van der Waals surface area contributed by atoms with Crippen molar-refractivity contribution in [3.8, 4) is 0 Å². The van der Waals surface area contributed by atoms with Crippen LogP contribution in [0.4, 0.5) is 4.39 Å². The first kappa shape index (κ1) is 16.2. The van der Waals surface area contributed by atoms with E-state index in [1.807, 2.05) is 30.7 Å². The van der Waals surface area contributed by atoms with Crippen molar-refractivity contribution in [2.45, 2.75) is 6.92 Å². The molecule has 0 unspecified atom stereocenters. The predicted octanol–water partition coefficient (Wildman–Crippen LogP) is 2.07. The lowest BCUT2D eigenvalue weighted by molar-refractivity contribution is 0.0530. The largest absolute Gasteiger partial charge is 0.344 e. The van der Waals surface area contributed by atoms with Gasteiger partial charge in [0.1, 0.15) is 11.5 Å². The molecular weight excluding hydrogens is 309 g/mol. The molecule has 1 aliphatic rings. The smallest absolute Gasteiger partial charge is 0.270 e. The molecule has 1 aromatic carbocycles. The van der Waals surface area contributed by atoms with Crippen LogP contribution < -0.4 is 0 Å². The SMILES string of the molecule is Cc1ccc(C(=O)N2CCN(C(=O)c3cccc(F)c3)CC2)n1C. The molecule has 1 fully saturated rings. The normalized spacial score (nSPS) is 14.8. The Morgan fingerprint density at radius 3 is 2.12 bits per heavy atom. The van der Waals surface area contributed by atoms with Gasteiger partial charge in [-0.1, -0.05) is 6.07 Å². The minimum absolute atomic E-state index is 0.0246. The summed E-state index contributed by atoms with van der Waals surface area (Å²) in [6.07, 6.45) is 0. The molecule has 0 radical (unpaired) electrons. The predicted molar refractivity (Wildman–Crippen MR) is 88.4 cm³/mol. The fourth-order valence-corrected chi connectivity index (χ4v) is 2.91.